The lowest BCUT2D eigenvalue weighted by Gasteiger charge is -2.14. The number of aliphatic hydroxyl groups excluding tert-OH is 1. The Morgan fingerprint density at radius 1 is 1.48 bits per heavy atom. The average Bonchev–Trinajstić information content (AvgIpc) is 2.93. The smallest absolute Gasteiger partial charge is 0.240 e. The second-order valence-electron chi connectivity index (χ2n) is 5.31. The van der Waals surface area contributed by atoms with Crippen molar-refractivity contribution in [3.05, 3.63) is 28.8 Å². The van der Waals surface area contributed by atoms with Crippen molar-refractivity contribution in [2.24, 2.45) is 5.92 Å². The van der Waals surface area contributed by atoms with Crippen LogP contribution >= 0.6 is 11.6 Å². The highest BCUT2D eigenvalue weighted by atomic mass is 35.5. The van der Waals surface area contributed by atoms with E-state index in [1.807, 2.05) is 0 Å². The second kappa shape index (κ2) is 7.07. The molecule has 21 heavy (non-hydrogen) atoms. The molecule has 1 aliphatic heterocycles. The lowest BCUT2D eigenvalue weighted by atomic mass is 10.1. The standard InChI is InChI=1S/C14H21ClN2O3S/c1-2-17-6-5-11(9-17)8-16-21(19,20)13-3-4-14(15)12(7-13)10-18/h3-4,7,11,16,18H,2,5-6,8-10H2,1H3. The van der Waals surface area contributed by atoms with Crippen LogP contribution in [0.3, 0.4) is 0 Å². The number of nitrogens with one attached hydrogen (secondary N) is 1. The molecule has 1 heterocycles. The zero-order chi connectivity index (χ0) is 15.5. The number of hydrogen-bond acceptors (Lipinski definition) is 4. The normalized spacial score (nSPS) is 20.0. The molecule has 1 aromatic rings. The van der Waals surface area contributed by atoms with Crippen LogP contribution in [-0.2, 0) is 16.6 Å². The van der Waals surface area contributed by atoms with Crippen molar-refractivity contribution >= 4 is 21.6 Å². The Morgan fingerprint density at radius 2 is 2.24 bits per heavy atom. The van der Waals surface area contributed by atoms with E-state index < -0.39 is 10.0 Å². The molecule has 2 rings (SSSR count). The van der Waals surface area contributed by atoms with Gasteiger partial charge in [0.2, 0.25) is 10.0 Å². The molecule has 1 atom stereocenters. The predicted octanol–water partition coefficient (Wildman–Crippen LogP) is 1.45. The largest absolute Gasteiger partial charge is 0.392 e. The van der Waals surface area contributed by atoms with E-state index in [0.717, 1.165) is 26.1 Å². The van der Waals surface area contributed by atoms with Crippen LogP contribution in [0.2, 0.25) is 5.02 Å². The van der Waals surface area contributed by atoms with Gasteiger partial charge in [0, 0.05) is 18.1 Å². The number of hydrogen-bond donors (Lipinski definition) is 2. The van der Waals surface area contributed by atoms with Gasteiger partial charge < -0.3 is 10.0 Å². The van der Waals surface area contributed by atoms with Gasteiger partial charge in [-0.1, -0.05) is 18.5 Å². The number of rotatable bonds is 6. The lowest BCUT2D eigenvalue weighted by Crippen LogP contribution is -2.31. The van der Waals surface area contributed by atoms with Crippen LogP contribution in [0.1, 0.15) is 18.9 Å². The van der Waals surface area contributed by atoms with Gasteiger partial charge in [-0.15, -0.1) is 0 Å². The summed E-state index contributed by atoms with van der Waals surface area (Å²) in [7, 11) is -3.56. The minimum Gasteiger partial charge on any atom is -0.392 e. The monoisotopic (exact) mass is 332 g/mol. The molecule has 0 bridgehead atoms. The summed E-state index contributed by atoms with van der Waals surface area (Å²) >= 11 is 5.88. The van der Waals surface area contributed by atoms with E-state index in [-0.39, 0.29) is 11.5 Å². The summed E-state index contributed by atoms with van der Waals surface area (Å²) in [6.45, 7) is 5.23. The van der Waals surface area contributed by atoms with Gasteiger partial charge in [0.25, 0.3) is 0 Å². The quantitative estimate of drug-likeness (QED) is 0.827. The Balaban J connectivity index is 2.02. The third-order valence-corrected chi connectivity index (χ3v) is 5.67. The number of aliphatic hydroxyl groups is 1. The highest BCUT2D eigenvalue weighted by Gasteiger charge is 2.23. The summed E-state index contributed by atoms with van der Waals surface area (Å²) in [6, 6.07) is 4.37. The van der Waals surface area contributed by atoms with E-state index in [0.29, 0.717) is 23.0 Å². The number of sulfonamides is 1. The number of nitrogens with zero attached hydrogens (tertiary/aromatic N) is 1. The third-order valence-electron chi connectivity index (χ3n) is 3.88. The molecule has 1 aromatic carbocycles. The van der Waals surface area contributed by atoms with Gasteiger partial charge in [-0.25, -0.2) is 13.1 Å². The minimum atomic E-state index is -3.56. The molecule has 0 radical (unpaired) electrons. The van der Waals surface area contributed by atoms with E-state index in [2.05, 4.69) is 16.5 Å². The number of halogens is 1. The fraction of sp³-hybridized carbons (Fsp3) is 0.571. The van der Waals surface area contributed by atoms with Crippen LogP contribution in [0.15, 0.2) is 23.1 Å². The Kier molecular flexibility index (Phi) is 5.62. The second-order valence-corrected chi connectivity index (χ2v) is 7.49. The average molecular weight is 333 g/mol. The van der Waals surface area contributed by atoms with Gasteiger partial charge in [0.15, 0.2) is 0 Å². The summed E-state index contributed by atoms with van der Waals surface area (Å²) < 4.78 is 27.2. The summed E-state index contributed by atoms with van der Waals surface area (Å²) in [5.74, 6) is 0.351. The Morgan fingerprint density at radius 3 is 2.86 bits per heavy atom. The molecular formula is C14H21ClN2O3S. The predicted molar refractivity (Wildman–Crippen MR) is 82.8 cm³/mol. The summed E-state index contributed by atoms with van der Waals surface area (Å²) in [6.07, 6.45) is 1.01. The van der Waals surface area contributed by atoms with Crippen LogP contribution in [0.5, 0.6) is 0 Å². The van der Waals surface area contributed by atoms with Gasteiger partial charge in [0.1, 0.15) is 0 Å². The molecule has 0 saturated carbocycles. The summed E-state index contributed by atoms with van der Waals surface area (Å²) in [5.41, 5.74) is 0.414. The first kappa shape index (κ1) is 16.7. The lowest BCUT2D eigenvalue weighted by molar-refractivity contribution is 0.281. The fourth-order valence-corrected chi connectivity index (χ4v) is 3.86. The van der Waals surface area contributed by atoms with Crippen LogP contribution in [0, 0.1) is 5.92 Å². The van der Waals surface area contributed by atoms with Crippen LogP contribution < -0.4 is 4.72 Å². The molecule has 1 fully saturated rings. The molecule has 1 saturated heterocycles. The van der Waals surface area contributed by atoms with Crippen molar-refractivity contribution in [1.29, 1.82) is 0 Å². The molecule has 0 aliphatic carbocycles. The van der Waals surface area contributed by atoms with Crippen LogP contribution in [0.25, 0.3) is 0 Å². The van der Waals surface area contributed by atoms with Gasteiger partial charge >= 0.3 is 0 Å². The van der Waals surface area contributed by atoms with Crippen molar-refractivity contribution in [2.45, 2.75) is 24.8 Å². The topological polar surface area (TPSA) is 69.6 Å². The molecule has 1 aliphatic rings. The minimum absolute atomic E-state index is 0.140. The van der Waals surface area contributed by atoms with Gasteiger partial charge in [-0.3, -0.25) is 0 Å². The first-order valence-electron chi connectivity index (χ1n) is 7.07. The first-order chi connectivity index (χ1) is 9.96. The van der Waals surface area contributed by atoms with Gasteiger partial charge in [0.05, 0.1) is 11.5 Å². The SMILES string of the molecule is CCN1CCC(CNS(=O)(=O)c2ccc(Cl)c(CO)c2)C1. The maximum absolute atomic E-state index is 12.3. The molecule has 5 nitrogen and oxygen atoms in total. The molecule has 2 N–H and O–H groups in total. The molecule has 0 spiro atoms. The molecule has 118 valence electrons. The first-order valence-corrected chi connectivity index (χ1v) is 8.93. The molecule has 1 unspecified atom stereocenters. The van der Waals surface area contributed by atoms with E-state index >= 15 is 0 Å². The highest BCUT2D eigenvalue weighted by molar-refractivity contribution is 7.89. The van der Waals surface area contributed by atoms with Crippen molar-refractivity contribution in [3.63, 3.8) is 0 Å². The maximum atomic E-state index is 12.3. The summed E-state index contributed by atoms with van der Waals surface area (Å²) in [5, 5.41) is 9.53. The van der Waals surface area contributed by atoms with Crippen molar-refractivity contribution in [3.8, 4) is 0 Å². The van der Waals surface area contributed by atoms with Crippen molar-refractivity contribution in [2.75, 3.05) is 26.2 Å². The van der Waals surface area contributed by atoms with Gasteiger partial charge in [-0.2, -0.15) is 0 Å². The van der Waals surface area contributed by atoms with Crippen LogP contribution in [-0.4, -0.2) is 44.6 Å². The third kappa shape index (κ3) is 4.17. The van der Waals surface area contributed by atoms with Crippen molar-refractivity contribution < 1.29 is 13.5 Å². The van der Waals surface area contributed by atoms with E-state index in [1.165, 1.54) is 18.2 Å². The Labute approximate surface area is 131 Å². The van der Waals surface area contributed by atoms with E-state index in [9.17, 15) is 8.42 Å². The molecule has 7 heteroatoms. The summed E-state index contributed by atoms with van der Waals surface area (Å²) in [4.78, 5) is 2.45. The molecule has 0 aromatic heterocycles. The van der Waals surface area contributed by atoms with E-state index in [4.69, 9.17) is 16.7 Å². The maximum Gasteiger partial charge on any atom is 0.240 e. The highest BCUT2D eigenvalue weighted by Crippen LogP contribution is 2.21. The zero-order valence-electron chi connectivity index (χ0n) is 12.0. The van der Waals surface area contributed by atoms with Crippen molar-refractivity contribution in [1.82, 2.24) is 9.62 Å². The van der Waals surface area contributed by atoms with E-state index in [1.54, 1.807) is 0 Å². The Hall–Kier alpha value is -0.660. The number of likely N-dealkylation sites (tertiary alicyclic amines) is 1. The Bertz CT molecular complexity index is 592. The molecular weight excluding hydrogens is 312 g/mol. The number of benzene rings is 1. The van der Waals surface area contributed by atoms with Gasteiger partial charge in [-0.05, 0) is 49.2 Å². The zero-order valence-corrected chi connectivity index (χ0v) is 13.6. The van der Waals surface area contributed by atoms with Crippen LogP contribution in [0.4, 0.5) is 0 Å². The fourth-order valence-electron chi connectivity index (χ4n) is 2.52. The molecule has 0 amide bonds.